The first-order valence-corrected chi connectivity index (χ1v) is 12.2. The number of aliphatic hydroxyl groups excluding tert-OH is 1. The van der Waals surface area contributed by atoms with E-state index in [1.165, 1.54) is 12.0 Å². The first-order chi connectivity index (χ1) is 17.8. The number of aryl methyl sites for hydroxylation is 2. The second-order valence-corrected chi connectivity index (χ2v) is 8.76. The van der Waals surface area contributed by atoms with E-state index in [-0.39, 0.29) is 11.3 Å². The highest BCUT2D eigenvalue weighted by atomic mass is 16.5. The van der Waals surface area contributed by atoms with E-state index < -0.39 is 17.7 Å². The molecule has 0 aliphatic carbocycles. The van der Waals surface area contributed by atoms with Gasteiger partial charge in [-0.2, -0.15) is 0 Å². The van der Waals surface area contributed by atoms with Gasteiger partial charge in [-0.3, -0.25) is 14.5 Å². The third kappa shape index (κ3) is 4.89. The molecule has 0 aromatic heterocycles. The predicted octanol–water partition coefficient (Wildman–Crippen LogP) is 5.74. The fraction of sp³-hybridized carbons (Fsp3) is 0.267. The zero-order chi connectivity index (χ0) is 26.7. The highest BCUT2D eigenvalue weighted by Crippen LogP contribution is 2.44. The zero-order valence-corrected chi connectivity index (χ0v) is 21.7. The van der Waals surface area contributed by atoms with E-state index in [0.717, 1.165) is 11.1 Å². The third-order valence-electron chi connectivity index (χ3n) is 6.23. The number of ketones is 1. The maximum absolute atomic E-state index is 13.5. The molecule has 4 rings (SSSR count). The fourth-order valence-electron chi connectivity index (χ4n) is 4.77. The van der Waals surface area contributed by atoms with Crippen LogP contribution in [0.4, 0.5) is 5.69 Å². The maximum atomic E-state index is 13.5. The molecule has 1 aliphatic heterocycles. The Hall–Kier alpha value is -4.26. The normalized spacial score (nSPS) is 16.7. The van der Waals surface area contributed by atoms with Gasteiger partial charge in [0.1, 0.15) is 23.0 Å². The second kappa shape index (κ2) is 10.8. The van der Waals surface area contributed by atoms with Crippen molar-refractivity contribution < 1.29 is 28.9 Å². The van der Waals surface area contributed by atoms with E-state index in [1.54, 1.807) is 42.5 Å². The monoisotopic (exact) mass is 501 g/mol. The lowest BCUT2D eigenvalue weighted by Crippen LogP contribution is -2.29. The topological polar surface area (TPSA) is 85.3 Å². The molecule has 1 unspecified atom stereocenters. The van der Waals surface area contributed by atoms with Gasteiger partial charge in [0.05, 0.1) is 37.5 Å². The van der Waals surface area contributed by atoms with E-state index in [0.29, 0.717) is 47.3 Å². The Bertz CT molecular complexity index is 1360. The lowest BCUT2D eigenvalue weighted by Gasteiger charge is -2.26. The van der Waals surface area contributed by atoms with Crippen LogP contribution in [0.3, 0.4) is 0 Å². The highest BCUT2D eigenvalue weighted by molar-refractivity contribution is 6.51. The average molecular weight is 502 g/mol. The van der Waals surface area contributed by atoms with Gasteiger partial charge >= 0.3 is 0 Å². The minimum Gasteiger partial charge on any atom is -0.507 e. The van der Waals surface area contributed by atoms with Crippen molar-refractivity contribution in [3.8, 4) is 17.2 Å². The van der Waals surface area contributed by atoms with Gasteiger partial charge in [-0.25, -0.2) is 0 Å². The molecule has 7 nitrogen and oxygen atoms in total. The second-order valence-electron chi connectivity index (χ2n) is 8.76. The number of carbonyl (C=O) groups is 2. The van der Waals surface area contributed by atoms with Gasteiger partial charge in [0.15, 0.2) is 0 Å². The van der Waals surface area contributed by atoms with Gasteiger partial charge in [0, 0.05) is 5.69 Å². The van der Waals surface area contributed by atoms with Gasteiger partial charge in [-0.1, -0.05) is 18.2 Å². The number of methoxy groups -OCH3 is 1. The number of benzene rings is 3. The zero-order valence-electron chi connectivity index (χ0n) is 21.7. The number of ether oxygens (including phenoxy) is 3. The Morgan fingerprint density at radius 1 is 0.919 bits per heavy atom. The van der Waals surface area contributed by atoms with Crippen molar-refractivity contribution in [2.24, 2.45) is 0 Å². The maximum Gasteiger partial charge on any atom is 0.300 e. The highest BCUT2D eigenvalue weighted by Gasteiger charge is 2.47. The smallest absolute Gasteiger partial charge is 0.300 e. The van der Waals surface area contributed by atoms with Crippen LogP contribution in [0.1, 0.15) is 42.1 Å². The van der Waals surface area contributed by atoms with Gasteiger partial charge in [-0.05, 0) is 86.8 Å². The number of hydrogen-bond acceptors (Lipinski definition) is 6. The van der Waals surface area contributed by atoms with Crippen LogP contribution in [0, 0.1) is 13.8 Å². The van der Waals surface area contributed by atoms with Crippen LogP contribution in [0.25, 0.3) is 5.76 Å². The van der Waals surface area contributed by atoms with E-state index in [1.807, 2.05) is 45.9 Å². The SMILES string of the molecule is CCOc1ccc(N2C(=O)C(=O)/C(=C(/O)c3cc(C)cc(C)c3OC)C2c2cccc(OCC)c2)cc1. The van der Waals surface area contributed by atoms with Crippen LogP contribution in [-0.4, -0.2) is 37.1 Å². The molecule has 37 heavy (non-hydrogen) atoms. The number of rotatable bonds is 8. The number of nitrogens with zero attached hydrogens (tertiary/aromatic N) is 1. The van der Waals surface area contributed by atoms with E-state index in [2.05, 4.69) is 0 Å². The molecule has 0 saturated carbocycles. The molecule has 1 heterocycles. The summed E-state index contributed by atoms with van der Waals surface area (Å²) in [5.74, 6) is -0.112. The lowest BCUT2D eigenvalue weighted by atomic mass is 9.93. The van der Waals surface area contributed by atoms with Crippen LogP contribution >= 0.6 is 0 Å². The Balaban J connectivity index is 1.96. The summed E-state index contributed by atoms with van der Waals surface area (Å²) in [7, 11) is 1.51. The molecule has 7 heteroatoms. The van der Waals surface area contributed by atoms with E-state index >= 15 is 0 Å². The van der Waals surface area contributed by atoms with Crippen molar-refractivity contribution >= 4 is 23.1 Å². The van der Waals surface area contributed by atoms with Crippen LogP contribution in [0.15, 0.2) is 66.2 Å². The number of hydrogen-bond donors (Lipinski definition) is 1. The van der Waals surface area contributed by atoms with Crippen molar-refractivity contribution in [3.63, 3.8) is 0 Å². The van der Waals surface area contributed by atoms with Gasteiger partial charge in [-0.15, -0.1) is 0 Å². The van der Waals surface area contributed by atoms with Crippen LogP contribution in [0.5, 0.6) is 17.2 Å². The third-order valence-corrected chi connectivity index (χ3v) is 6.23. The number of carbonyl (C=O) groups excluding carboxylic acids is 2. The van der Waals surface area contributed by atoms with Crippen LogP contribution in [0.2, 0.25) is 0 Å². The predicted molar refractivity (Wildman–Crippen MR) is 142 cm³/mol. The molecule has 1 N–H and O–H groups in total. The van der Waals surface area contributed by atoms with Crippen molar-refractivity contribution in [1.29, 1.82) is 0 Å². The first-order valence-electron chi connectivity index (χ1n) is 12.2. The molecule has 0 radical (unpaired) electrons. The van der Waals surface area contributed by atoms with Crippen molar-refractivity contribution in [2.75, 3.05) is 25.2 Å². The Kier molecular flexibility index (Phi) is 7.53. The van der Waals surface area contributed by atoms with E-state index in [4.69, 9.17) is 14.2 Å². The minimum absolute atomic E-state index is 0.0177. The Morgan fingerprint density at radius 3 is 2.24 bits per heavy atom. The number of Topliss-reactive ketones (excluding diaryl/α,β-unsaturated/α-hetero) is 1. The molecule has 1 saturated heterocycles. The largest absolute Gasteiger partial charge is 0.507 e. The summed E-state index contributed by atoms with van der Waals surface area (Å²) in [6, 6.07) is 17.0. The summed E-state index contributed by atoms with van der Waals surface area (Å²) in [4.78, 5) is 28.4. The van der Waals surface area contributed by atoms with Gasteiger partial charge in [0.25, 0.3) is 11.7 Å². The molecule has 1 fully saturated rings. The molecule has 0 bridgehead atoms. The standard InChI is InChI=1S/C30H31NO6/c1-6-36-22-13-11-21(12-14-22)31-26(20-9-8-10-23(17-20)37-7-2)25(28(33)30(31)34)27(32)24-16-18(3)15-19(4)29(24)35-5/h8-17,26,32H,6-7H2,1-5H3/b27-25+. The molecule has 1 aliphatic rings. The molecule has 0 spiro atoms. The number of amides is 1. The minimum atomic E-state index is -0.885. The van der Waals surface area contributed by atoms with Gasteiger partial charge < -0.3 is 19.3 Å². The van der Waals surface area contributed by atoms with E-state index in [9.17, 15) is 14.7 Å². The van der Waals surface area contributed by atoms with Crippen LogP contribution in [-0.2, 0) is 9.59 Å². The van der Waals surface area contributed by atoms with Crippen molar-refractivity contribution in [1.82, 2.24) is 0 Å². The van der Waals surface area contributed by atoms with Crippen molar-refractivity contribution in [3.05, 3.63) is 88.5 Å². The van der Waals surface area contributed by atoms with Gasteiger partial charge in [0.2, 0.25) is 0 Å². The molecular formula is C30H31NO6. The summed E-state index contributed by atoms with van der Waals surface area (Å²) in [5.41, 5.74) is 3.16. The summed E-state index contributed by atoms with van der Waals surface area (Å²) in [6.07, 6.45) is 0. The summed E-state index contributed by atoms with van der Waals surface area (Å²) >= 11 is 0. The summed E-state index contributed by atoms with van der Waals surface area (Å²) in [6.45, 7) is 8.49. The molecule has 1 atom stereocenters. The quantitative estimate of drug-likeness (QED) is 0.241. The first kappa shape index (κ1) is 25.8. The fourth-order valence-corrected chi connectivity index (χ4v) is 4.77. The van der Waals surface area contributed by atoms with Crippen molar-refractivity contribution in [2.45, 2.75) is 33.7 Å². The molecule has 3 aromatic rings. The summed E-state index contributed by atoms with van der Waals surface area (Å²) < 4.78 is 16.8. The average Bonchev–Trinajstić information content (AvgIpc) is 3.14. The number of aliphatic hydroxyl groups is 1. The molecule has 1 amide bonds. The lowest BCUT2D eigenvalue weighted by molar-refractivity contribution is -0.132. The molecule has 192 valence electrons. The molecular weight excluding hydrogens is 470 g/mol. The molecule has 3 aromatic carbocycles. The Morgan fingerprint density at radius 2 is 1.59 bits per heavy atom. The number of anilines is 1. The summed E-state index contributed by atoms with van der Waals surface area (Å²) in [5, 5.41) is 11.6. The Labute approximate surface area is 216 Å². The van der Waals surface area contributed by atoms with Crippen LogP contribution < -0.4 is 19.1 Å².